The van der Waals surface area contributed by atoms with Crippen LogP contribution in [0.1, 0.15) is 54.6 Å². The second-order valence-corrected chi connectivity index (χ2v) is 9.13. The molecule has 1 saturated heterocycles. The normalized spacial score (nSPS) is 18.8. The van der Waals surface area contributed by atoms with E-state index in [0.29, 0.717) is 11.6 Å². The maximum Gasteiger partial charge on any atom is 0.243 e. The first-order chi connectivity index (χ1) is 16.3. The number of carbonyl (C=O) groups excluding carboxylic acids is 2. The fourth-order valence-electron chi connectivity index (χ4n) is 4.36. The van der Waals surface area contributed by atoms with E-state index >= 15 is 0 Å². The van der Waals surface area contributed by atoms with Crippen molar-refractivity contribution < 1.29 is 14.0 Å². The topological polar surface area (TPSA) is 80.1 Å². The van der Waals surface area contributed by atoms with Crippen LogP contribution in [0.3, 0.4) is 0 Å². The van der Waals surface area contributed by atoms with Crippen molar-refractivity contribution in [1.29, 1.82) is 0 Å². The largest absolute Gasteiger partial charge is 0.343 e. The van der Waals surface area contributed by atoms with E-state index < -0.39 is 18.3 Å². The molecule has 1 aromatic heterocycles. The van der Waals surface area contributed by atoms with Crippen LogP contribution in [-0.4, -0.2) is 50.5 Å². The van der Waals surface area contributed by atoms with Crippen molar-refractivity contribution in [2.45, 2.75) is 50.9 Å². The number of hydrogen-bond donors (Lipinski definition) is 1. The molecule has 0 aliphatic carbocycles. The van der Waals surface area contributed by atoms with Crippen LogP contribution in [0.15, 0.2) is 60.8 Å². The second-order valence-electron chi connectivity index (χ2n) is 9.13. The standard InChI is InChI=1S/C26H30FN5O2/c1-17(2)18-9-11-20(12-10-18)25(19-7-5-4-6-8-19)28-26(34)23-13-21(27)15-32(23)24(33)14-22-16-31(3)30-29-22/h4-12,16-17,21,23,25H,13-15H2,1-3H3,(H,28,34)/t21-,23+,25+/m1/s1. The number of likely N-dealkylation sites (tertiary alicyclic amines) is 1. The number of alkyl halides is 1. The molecular weight excluding hydrogens is 433 g/mol. The van der Waals surface area contributed by atoms with Gasteiger partial charge >= 0.3 is 0 Å². The number of rotatable bonds is 7. The maximum absolute atomic E-state index is 14.4. The minimum absolute atomic E-state index is 0.0220. The Morgan fingerprint density at radius 1 is 1.06 bits per heavy atom. The molecule has 34 heavy (non-hydrogen) atoms. The van der Waals surface area contributed by atoms with Gasteiger partial charge in [-0.2, -0.15) is 0 Å². The number of amides is 2. The maximum atomic E-state index is 14.4. The number of nitrogens with zero attached hydrogens (tertiary/aromatic N) is 4. The summed E-state index contributed by atoms with van der Waals surface area (Å²) in [5.74, 6) is -0.305. The van der Waals surface area contributed by atoms with Crippen LogP contribution >= 0.6 is 0 Å². The summed E-state index contributed by atoms with van der Waals surface area (Å²) in [7, 11) is 1.71. The lowest BCUT2D eigenvalue weighted by molar-refractivity contribution is -0.138. The minimum Gasteiger partial charge on any atom is -0.343 e. The number of nitrogens with one attached hydrogen (secondary N) is 1. The van der Waals surface area contributed by atoms with Gasteiger partial charge in [-0.15, -0.1) is 5.10 Å². The van der Waals surface area contributed by atoms with Crippen molar-refractivity contribution in [3.8, 4) is 0 Å². The van der Waals surface area contributed by atoms with Crippen LogP contribution in [0.4, 0.5) is 4.39 Å². The third-order valence-electron chi connectivity index (χ3n) is 6.21. The molecule has 2 amide bonds. The number of benzene rings is 2. The molecule has 2 heterocycles. The monoisotopic (exact) mass is 463 g/mol. The van der Waals surface area contributed by atoms with E-state index in [-0.39, 0.29) is 31.2 Å². The second kappa shape index (κ2) is 10.2. The van der Waals surface area contributed by atoms with Crippen molar-refractivity contribution in [2.75, 3.05) is 6.54 Å². The Labute approximate surface area is 199 Å². The van der Waals surface area contributed by atoms with Crippen LogP contribution in [0.2, 0.25) is 0 Å². The first kappa shape index (κ1) is 23.6. The Balaban J connectivity index is 1.55. The van der Waals surface area contributed by atoms with Gasteiger partial charge in [-0.05, 0) is 22.6 Å². The first-order valence-corrected chi connectivity index (χ1v) is 11.6. The lowest BCUT2D eigenvalue weighted by atomic mass is 9.95. The fraction of sp³-hybridized carbons (Fsp3) is 0.385. The number of halogens is 1. The molecule has 0 radical (unpaired) electrons. The molecule has 1 aliphatic heterocycles. The summed E-state index contributed by atoms with van der Waals surface area (Å²) < 4.78 is 15.9. The predicted octanol–water partition coefficient (Wildman–Crippen LogP) is 3.33. The van der Waals surface area contributed by atoms with E-state index in [4.69, 9.17) is 0 Å². The summed E-state index contributed by atoms with van der Waals surface area (Å²) in [4.78, 5) is 27.6. The van der Waals surface area contributed by atoms with Crippen LogP contribution in [0, 0.1) is 0 Å². The summed E-state index contributed by atoms with van der Waals surface area (Å²) >= 11 is 0. The smallest absolute Gasteiger partial charge is 0.243 e. The lowest BCUT2D eigenvalue weighted by Gasteiger charge is -2.27. The Morgan fingerprint density at radius 2 is 1.71 bits per heavy atom. The first-order valence-electron chi connectivity index (χ1n) is 11.6. The fourth-order valence-corrected chi connectivity index (χ4v) is 4.36. The van der Waals surface area contributed by atoms with Crippen LogP contribution in [-0.2, 0) is 23.1 Å². The average molecular weight is 464 g/mol. The molecule has 2 aromatic carbocycles. The molecule has 0 spiro atoms. The average Bonchev–Trinajstić information content (AvgIpc) is 3.43. The zero-order valence-electron chi connectivity index (χ0n) is 19.7. The highest BCUT2D eigenvalue weighted by atomic mass is 19.1. The minimum atomic E-state index is -1.25. The van der Waals surface area contributed by atoms with E-state index in [9.17, 15) is 14.0 Å². The van der Waals surface area contributed by atoms with Crippen molar-refractivity contribution in [3.05, 3.63) is 83.2 Å². The SMILES string of the molecule is CC(C)c1ccc([C@@H](NC(=O)[C@@H]2C[C@@H](F)CN2C(=O)Cc2cn(C)nn2)c2ccccc2)cc1. The van der Waals surface area contributed by atoms with Gasteiger partial charge < -0.3 is 10.2 Å². The van der Waals surface area contributed by atoms with Gasteiger partial charge in [-0.1, -0.05) is 73.7 Å². The Kier molecular flexibility index (Phi) is 7.05. The molecule has 178 valence electrons. The summed E-state index contributed by atoms with van der Waals surface area (Å²) in [6, 6.07) is 16.5. The zero-order chi connectivity index (χ0) is 24.2. The van der Waals surface area contributed by atoms with Crippen molar-refractivity contribution in [2.24, 2.45) is 7.05 Å². The molecule has 8 heteroatoms. The molecule has 0 saturated carbocycles. The Morgan fingerprint density at radius 3 is 2.32 bits per heavy atom. The quantitative estimate of drug-likeness (QED) is 0.583. The lowest BCUT2D eigenvalue weighted by Crippen LogP contribution is -2.47. The molecule has 3 aromatic rings. The number of aryl methyl sites for hydroxylation is 1. The molecule has 3 atom stereocenters. The number of hydrogen-bond acceptors (Lipinski definition) is 4. The molecule has 1 N–H and O–H groups in total. The molecule has 0 bridgehead atoms. The van der Waals surface area contributed by atoms with Crippen LogP contribution in [0.25, 0.3) is 0 Å². The molecular formula is C26H30FN5O2. The highest BCUT2D eigenvalue weighted by Crippen LogP contribution is 2.27. The Bertz CT molecular complexity index is 1130. The summed E-state index contributed by atoms with van der Waals surface area (Å²) in [6.45, 7) is 4.16. The predicted molar refractivity (Wildman–Crippen MR) is 127 cm³/mol. The third kappa shape index (κ3) is 5.32. The van der Waals surface area contributed by atoms with Gasteiger partial charge in [0.05, 0.1) is 24.7 Å². The molecule has 0 unspecified atom stereocenters. The summed E-state index contributed by atoms with van der Waals surface area (Å²) in [5.41, 5.74) is 3.54. The molecule has 1 aliphatic rings. The van der Waals surface area contributed by atoms with E-state index in [1.165, 1.54) is 15.1 Å². The van der Waals surface area contributed by atoms with E-state index in [2.05, 4.69) is 41.6 Å². The molecule has 7 nitrogen and oxygen atoms in total. The molecule has 1 fully saturated rings. The van der Waals surface area contributed by atoms with Crippen molar-refractivity contribution >= 4 is 11.8 Å². The highest BCUT2D eigenvalue weighted by Gasteiger charge is 2.40. The van der Waals surface area contributed by atoms with E-state index in [1.54, 1.807) is 13.2 Å². The number of carbonyl (C=O) groups is 2. The van der Waals surface area contributed by atoms with Crippen molar-refractivity contribution in [1.82, 2.24) is 25.2 Å². The van der Waals surface area contributed by atoms with Gasteiger partial charge in [0.15, 0.2) is 0 Å². The van der Waals surface area contributed by atoms with Crippen LogP contribution in [0.5, 0.6) is 0 Å². The molecule has 4 rings (SSSR count). The zero-order valence-corrected chi connectivity index (χ0v) is 19.7. The number of aromatic nitrogens is 3. The van der Waals surface area contributed by atoms with Crippen LogP contribution < -0.4 is 5.32 Å². The Hall–Kier alpha value is -3.55. The van der Waals surface area contributed by atoms with Gasteiger partial charge in [0.1, 0.15) is 12.2 Å². The third-order valence-corrected chi connectivity index (χ3v) is 6.21. The summed E-state index contributed by atoms with van der Waals surface area (Å²) in [5, 5.41) is 10.8. The van der Waals surface area contributed by atoms with E-state index in [1.807, 2.05) is 42.5 Å². The van der Waals surface area contributed by atoms with Gasteiger partial charge in [0.2, 0.25) is 11.8 Å². The van der Waals surface area contributed by atoms with Crippen molar-refractivity contribution in [3.63, 3.8) is 0 Å². The van der Waals surface area contributed by atoms with Gasteiger partial charge in [-0.3, -0.25) is 14.3 Å². The highest BCUT2D eigenvalue weighted by molar-refractivity contribution is 5.89. The van der Waals surface area contributed by atoms with Gasteiger partial charge in [-0.25, -0.2) is 4.39 Å². The van der Waals surface area contributed by atoms with Gasteiger partial charge in [0, 0.05) is 19.7 Å². The van der Waals surface area contributed by atoms with Gasteiger partial charge in [0.25, 0.3) is 0 Å². The van der Waals surface area contributed by atoms with E-state index in [0.717, 1.165) is 11.1 Å². The summed E-state index contributed by atoms with van der Waals surface area (Å²) in [6.07, 6.45) is 0.346.